The second kappa shape index (κ2) is 6.80. The normalized spacial score (nSPS) is 10.9. The van der Waals surface area contributed by atoms with Crippen LogP contribution in [-0.4, -0.2) is 16.5 Å². The lowest BCUT2D eigenvalue weighted by molar-refractivity contribution is 0.381. The highest BCUT2D eigenvalue weighted by Gasteiger charge is 2.09. The molecule has 0 aliphatic heterocycles. The summed E-state index contributed by atoms with van der Waals surface area (Å²) in [6.07, 6.45) is 0. The van der Waals surface area contributed by atoms with Crippen molar-refractivity contribution < 1.29 is 14.4 Å². The van der Waals surface area contributed by atoms with Crippen LogP contribution in [0.2, 0.25) is 0 Å². The molecule has 0 fully saturated rings. The molecule has 0 saturated heterocycles. The standard InChI is InChI=1S/C12H8S3.CH5O3P/c1-3-10(13-6-1)9-5-8-15-12(9)11-4-2-7-14-11;1-5(2,3)4/h1-8H;1H3,(H2,2,3,4). The van der Waals surface area contributed by atoms with Crippen LogP contribution in [0, 0.1) is 0 Å². The van der Waals surface area contributed by atoms with Crippen molar-refractivity contribution in [2.75, 3.05) is 6.66 Å². The van der Waals surface area contributed by atoms with E-state index in [0.29, 0.717) is 0 Å². The summed E-state index contributed by atoms with van der Waals surface area (Å²) in [6, 6.07) is 10.8. The van der Waals surface area contributed by atoms with E-state index in [4.69, 9.17) is 9.79 Å². The molecule has 3 nitrogen and oxygen atoms in total. The molecule has 3 heterocycles. The Balaban J connectivity index is 0.000000257. The molecular formula is C13H13O3PS3. The minimum absolute atomic E-state index is 0.854. The van der Waals surface area contributed by atoms with Crippen molar-refractivity contribution in [2.45, 2.75) is 0 Å². The summed E-state index contributed by atoms with van der Waals surface area (Å²) in [5.41, 5.74) is 1.37. The fourth-order valence-corrected chi connectivity index (χ4v) is 4.15. The molecule has 0 aliphatic rings. The van der Waals surface area contributed by atoms with E-state index < -0.39 is 7.60 Å². The van der Waals surface area contributed by atoms with Crippen LogP contribution in [0.1, 0.15) is 0 Å². The van der Waals surface area contributed by atoms with Crippen LogP contribution in [0.3, 0.4) is 0 Å². The Bertz CT molecular complexity index is 623. The van der Waals surface area contributed by atoms with Gasteiger partial charge in [-0.25, -0.2) is 0 Å². The Labute approximate surface area is 129 Å². The summed E-state index contributed by atoms with van der Waals surface area (Å²) in [4.78, 5) is 19.4. The van der Waals surface area contributed by atoms with Gasteiger partial charge in [-0.3, -0.25) is 4.57 Å². The van der Waals surface area contributed by atoms with Gasteiger partial charge in [-0.1, -0.05) is 12.1 Å². The Kier molecular flexibility index (Phi) is 5.32. The van der Waals surface area contributed by atoms with Crippen LogP contribution in [0.25, 0.3) is 20.2 Å². The van der Waals surface area contributed by atoms with Gasteiger partial charge < -0.3 is 9.79 Å². The van der Waals surface area contributed by atoms with Crippen LogP contribution in [-0.2, 0) is 4.57 Å². The first kappa shape index (κ1) is 15.6. The molecule has 3 aromatic heterocycles. The molecule has 20 heavy (non-hydrogen) atoms. The van der Waals surface area contributed by atoms with Crippen molar-refractivity contribution in [2.24, 2.45) is 0 Å². The van der Waals surface area contributed by atoms with E-state index in [1.165, 1.54) is 20.2 Å². The maximum absolute atomic E-state index is 9.33. The van der Waals surface area contributed by atoms with Gasteiger partial charge in [0.25, 0.3) is 0 Å². The molecule has 0 spiro atoms. The van der Waals surface area contributed by atoms with Gasteiger partial charge in [-0.05, 0) is 34.3 Å². The molecule has 0 unspecified atom stereocenters. The molecule has 3 aromatic rings. The fraction of sp³-hybridized carbons (Fsp3) is 0.0769. The largest absolute Gasteiger partial charge is 0.325 e. The molecule has 3 rings (SSSR count). The Morgan fingerprint density at radius 2 is 1.45 bits per heavy atom. The van der Waals surface area contributed by atoms with Gasteiger partial charge in [0.1, 0.15) is 0 Å². The van der Waals surface area contributed by atoms with Crippen LogP contribution in [0.4, 0.5) is 0 Å². The van der Waals surface area contributed by atoms with E-state index in [-0.39, 0.29) is 0 Å². The van der Waals surface area contributed by atoms with E-state index in [1.54, 1.807) is 11.3 Å². The quantitative estimate of drug-likeness (QED) is 0.643. The predicted octanol–water partition coefficient (Wildman–Crippen LogP) is 5.00. The van der Waals surface area contributed by atoms with Gasteiger partial charge in [0.15, 0.2) is 0 Å². The monoisotopic (exact) mass is 344 g/mol. The summed E-state index contributed by atoms with van der Waals surface area (Å²) >= 11 is 5.43. The maximum atomic E-state index is 9.33. The minimum Gasteiger partial charge on any atom is -0.325 e. The third-order valence-electron chi connectivity index (χ3n) is 2.20. The number of rotatable bonds is 2. The SMILES string of the molecule is CP(=O)(O)O.c1csc(-c2ccsc2-c2cccs2)c1. The molecule has 0 radical (unpaired) electrons. The second-order valence-corrected chi connectivity index (χ2v) is 8.44. The van der Waals surface area contributed by atoms with Crippen LogP contribution in [0.15, 0.2) is 46.5 Å². The fourth-order valence-electron chi connectivity index (χ4n) is 1.53. The molecule has 0 saturated carbocycles. The van der Waals surface area contributed by atoms with Crippen molar-refractivity contribution in [3.8, 4) is 20.2 Å². The maximum Gasteiger partial charge on any atom is 0.322 e. The first-order valence-corrected chi connectivity index (χ1v) is 10.3. The van der Waals surface area contributed by atoms with E-state index in [1.807, 2.05) is 22.7 Å². The molecule has 0 atom stereocenters. The van der Waals surface area contributed by atoms with Crippen molar-refractivity contribution >= 4 is 41.6 Å². The zero-order chi connectivity index (χ0) is 14.6. The van der Waals surface area contributed by atoms with E-state index >= 15 is 0 Å². The number of hydrogen-bond acceptors (Lipinski definition) is 4. The lowest BCUT2D eigenvalue weighted by Gasteiger charge is -1.97. The zero-order valence-electron chi connectivity index (χ0n) is 10.6. The summed E-state index contributed by atoms with van der Waals surface area (Å²) in [5, 5.41) is 6.43. The molecule has 0 aliphatic carbocycles. The van der Waals surface area contributed by atoms with Crippen molar-refractivity contribution in [1.82, 2.24) is 0 Å². The Morgan fingerprint density at radius 3 is 1.95 bits per heavy atom. The van der Waals surface area contributed by atoms with E-state index in [0.717, 1.165) is 6.66 Å². The minimum atomic E-state index is -3.64. The van der Waals surface area contributed by atoms with Gasteiger partial charge in [-0.2, -0.15) is 0 Å². The van der Waals surface area contributed by atoms with E-state index in [9.17, 15) is 4.57 Å². The summed E-state index contributed by atoms with van der Waals surface area (Å²) in [6.45, 7) is 0.854. The van der Waals surface area contributed by atoms with Gasteiger partial charge in [-0.15, -0.1) is 34.0 Å². The molecule has 7 heteroatoms. The van der Waals surface area contributed by atoms with Gasteiger partial charge >= 0.3 is 7.60 Å². The molecule has 0 amide bonds. The van der Waals surface area contributed by atoms with Crippen molar-refractivity contribution in [3.05, 3.63) is 46.5 Å². The average Bonchev–Trinajstić information content (AvgIpc) is 3.10. The predicted molar refractivity (Wildman–Crippen MR) is 88.9 cm³/mol. The zero-order valence-corrected chi connectivity index (χ0v) is 13.9. The highest BCUT2D eigenvalue weighted by Crippen LogP contribution is 2.40. The van der Waals surface area contributed by atoms with Crippen LogP contribution in [0.5, 0.6) is 0 Å². The van der Waals surface area contributed by atoms with E-state index in [2.05, 4.69) is 46.5 Å². The topological polar surface area (TPSA) is 57.5 Å². The Hall–Kier alpha value is -0.750. The average molecular weight is 344 g/mol. The number of hydrogen-bond donors (Lipinski definition) is 2. The Morgan fingerprint density at radius 1 is 0.900 bits per heavy atom. The smallest absolute Gasteiger partial charge is 0.322 e. The third-order valence-corrected chi connectivity index (χ3v) is 5.06. The second-order valence-electron chi connectivity index (χ2n) is 3.95. The third kappa shape index (κ3) is 4.66. The summed E-state index contributed by atoms with van der Waals surface area (Å²) in [7, 11) is -3.64. The molecule has 106 valence electrons. The van der Waals surface area contributed by atoms with Gasteiger partial charge in [0.05, 0.1) is 4.88 Å². The highest BCUT2D eigenvalue weighted by molar-refractivity contribution is 7.50. The first-order chi connectivity index (χ1) is 9.45. The summed E-state index contributed by atoms with van der Waals surface area (Å²) < 4.78 is 9.33. The summed E-state index contributed by atoms with van der Waals surface area (Å²) in [5.74, 6) is 0. The van der Waals surface area contributed by atoms with Gasteiger partial charge in [0.2, 0.25) is 0 Å². The highest BCUT2D eigenvalue weighted by atomic mass is 32.1. The van der Waals surface area contributed by atoms with Crippen LogP contribution < -0.4 is 0 Å². The lowest BCUT2D eigenvalue weighted by atomic mass is 10.2. The molecule has 2 N–H and O–H groups in total. The van der Waals surface area contributed by atoms with Gasteiger partial charge in [0, 0.05) is 22.0 Å². The number of thiophene rings is 3. The van der Waals surface area contributed by atoms with Crippen LogP contribution >= 0.6 is 41.6 Å². The molecule has 0 bridgehead atoms. The lowest BCUT2D eigenvalue weighted by Crippen LogP contribution is -1.69. The first-order valence-electron chi connectivity index (χ1n) is 5.63. The van der Waals surface area contributed by atoms with Crippen molar-refractivity contribution in [1.29, 1.82) is 0 Å². The van der Waals surface area contributed by atoms with Crippen molar-refractivity contribution in [3.63, 3.8) is 0 Å². The molecule has 0 aromatic carbocycles. The molecular weight excluding hydrogens is 331 g/mol.